The van der Waals surface area contributed by atoms with Crippen LogP contribution in [0.2, 0.25) is 0 Å². The number of benzene rings is 1. The van der Waals surface area contributed by atoms with Crippen LogP contribution in [0.4, 0.5) is 0 Å². The molecule has 0 bridgehead atoms. The van der Waals surface area contributed by atoms with E-state index in [2.05, 4.69) is 47.6 Å². The lowest BCUT2D eigenvalue weighted by molar-refractivity contribution is 0.505. The van der Waals surface area contributed by atoms with Gasteiger partial charge in [-0.2, -0.15) is 5.26 Å². The highest BCUT2D eigenvalue weighted by atomic mass is 14.2. The molecule has 0 heterocycles. The Balaban J connectivity index is 3.40. The summed E-state index contributed by atoms with van der Waals surface area (Å²) in [6, 6.07) is 8.09. The molecule has 0 atom stereocenters. The molecule has 0 spiro atoms. The smallest absolute Gasteiger partial charge is 0.0991 e. The van der Waals surface area contributed by atoms with Gasteiger partial charge in [0.05, 0.1) is 11.6 Å². The van der Waals surface area contributed by atoms with Crippen molar-refractivity contribution in [3.05, 3.63) is 40.5 Å². The molecule has 0 fully saturated rings. The van der Waals surface area contributed by atoms with E-state index in [0.717, 1.165) is 5.56 Å². The zero-order valence-corrected chi connectivity index (χ0v) is 11.7. The topological polar surface area (TPSA) is 23.8 Å². The quantitative estimate of drug-likeness (QED) is 0.681. The molecule has 0 radical (unpaired) electrons. The molecule has 1 rings (SSSR count). The molecule has 0 aliphatic rings. The van der Waals surface area contributed by atoms with Crippen molar-refractivity contribution in [1.29, 1.82) is 5.26 Å². The summed E-state index contributed by atoms with van der Waals surface area (Å²) in [6.45, 7) is 13.1. The summed E-state index contributed by atoms with van der Waals surface area (Å²) in [7, 11) is 0. The lowest BCUT2D eigenvalue weighted by atomic mass is 9.82. The number of nitrogens with zero attached hydrogens (tertiary/aromatic N) is 1. The molecule has 1 aromatic rings. The average Bonchev–Trinajstić information content (AvgIpc) is 2.26. The Bertz CT molecular complexity index is 493. The van der Waals surface area contributed by atoms with Crippen molar-refractivity contribution in [2.75, 3.05) is 0 Å². The Kier molecular flexibility index (Phi) is 3.78. The lowest BCUT2D eigenvalue weighted by Crippen LogP contribution is -2.08. The predicted molar refractivity (Wildman–Crippen MR) is 73.6 cm³/mol. The Morgan fingerprint density at radius 2 is 1.76 bits per heavy atom. The van der Waals surface area contributed by atoms with E-state index in [1.807, 2.05) is 18.2 Å². The minimum Gasteiger partial charge on any atom is -0.192 e. The van der Waals surface area contributed by atoms with Crippen molar-refractivity contribution in [3.8, 4) is 6.07 Å². The SMILES string of the molecule is C/C(=C(/C)C(C)(C)C)c1cc(C#N)ccc1C. The van der Waals surface area contributed by atoms with E-state index in [4.69, 9.17) is 5.26 Å². The average molecular weight is 227 g/mol. The van der Waals surface area contributed by atoms with E-state index < -0.39 is 0 Å². The van der Waals surface area contributed by atoms with Crippen LogP contribution in [-0.4, -0.2) is 0 Å². The summed E-state index contributed by atoms with van der Waals surface area (Å²) in [5.74, 6) is 0. The fourth-order valence-corrected chi connectivity index (χ4v) is 1.86. The standard InChI is InChI=1S/C16H21N/c1-11-7-8-14(10-17)9-15(11)12(2)13(3)16(4,5)6/h7-9H,1-6H3/b13-12+. The van der Waals surface area contributed by atoms with E-state index in [-0.39, 0.29) is 5.41 Å². The number of nitriles is 1. The van der Waals surface area contributed by atoms with Gasteiger partial charge in [-0.1, -0.05) is 32.4 Å². The molecular formula is C16H21N. The Morgan fingerprint density at radius 3 is 2.24 bits per heavy atom. The summed E-state index contributed by atoms with van der Waals surface area (Å²) in [5.41, 5.74) is 5.97. The number of hydrogen-bond donors (Lipinski definition) is 0. The van der Waals surface area contributed by atoms with Gasteiger partial charge >= 0.3 is 0 Å². The molecule has 90 valence electrons. The highest BCUT2D eigenvalue weighted by Gasteiger charge is 2.16. The minimum atomic E-state index is 0.166. The second kappa shape index (κ2) is 4.75. The second-order valence-corrected chi connectivity index (χ2v) is 5.64. The number of hydrogen-bond acceptors (Lipinski definition) is 1. The van der Waals surface area contributed by atoms with Crippen molar-refractivity contribution in [3.63, 3.8) is 0 Å². The minimum absolute atomic E-state index is 0.166. The van der Waals surface area contributed by atoms with Crippen molar-refractivity contribution >= 4 is 5.57 Å². The summed E-state index contributed by atoms with van der Waals surface area (Å²) in [6.07, 6.45) is 0. The second-order valence-electron chi connectivity index (χ2n) is 5.64. The maximum Gasteiger partial charge on any atom is 0.0991 e. The molecule has 1 nitrogen and oxygen atoms in total. The summed E-state index contributed by atoms with van der Waals surface area (Å²) in [4.78, 5) is 0. The first-order chi connectivity index (χ1) is 7.77. The van der Waals surface area contributed by atoms with Crippen LogP contribution in [0.15, 0.2) is 23.8 Å². The van der Waals surface area contributed by atoms with Crippen LogP contribution < -0.4 is 0 Å². The largest absolute Gasteiger partial charge is 0.192 e. The first-order valence-corrected chi connectivity index (χ1v) is 5.96. The van der Waals surface area contributed by atoms with Crippen molar-refractivity contribution in [2.24, 2.45) is 5.41 Å². The predicted octanol–water partition coefficient (Wildman–Crippen LogP) is 4.71. The highest BCUT2D eigenvalue weighted by Crippen LogP contribution is 2.33. The number of aryl methyl sites for hydroxylation is 1. The molecule has 1 aromatic carbocycles. The van der Waals surface area contributed by atoms with Gasteiger partial charge in [0.1, 0.15) is 0 Å². The van der Waals surface area contributed by atoms with Gasteiger partial charge < -0.3 is 0 Å². The zero-order chi connectivity index (χ0) is 13.2. The maximum atomic E-state index is 8.97. The van der Waals surface area contributed by atoms with Gasteiger partial charge in [0.25, 0.3) is 0 Å². The van der Waals surface area contributed by atoms with Crippen LogP contribution in [0, 0.1) is 23.7 Å². The van der Waals surface area contributed by atoms with E-state index >= 15 is 0 Å². The van der Waals surface area contributed by atoms with Crippen molar-refractivity contribution in [2.45, 2.75) is 41.5 Å². The third-order valence-corrected chi connectivity index (χ3v) is 3.46. The van der Waals surface area contributed by atoms with Crippen LogP contribution in [-0.2, 0) is 0 Å². The number of rotatable bonds is 1. The van der Waals surface area contributed by atoms with E-state index in [1.54, 1.807) is 0 Å². The van der Waals surface area contributed by atoms with Gasteiger partial charge in [-0.3, -0.25) is 0 Å². The zero-order valence-electron chi connectivity index (χ0n) is 11.7. The highest BCUT2D eigenvalue weighted by molar-refractivity contribution is 5.71. The molecule has 0 N–H and O–H groups in total. The van der Waals surface area contributed by atoms with Crippen LogP contribution in [0.1, 0.15) is 51.3 Å². The molecule has 0 aliphatic carbocycles. The van der Waals surface area contributed by atoms with E-state index in [1.165, 1.54) is 22.3 Å². The Labute approximate surface area is 105 Å². The molecule has 0 unspecified atom stereocenters. The maximum absolute atomic E-state index is 8.97. The Hall–Kier alpha value is -1.55. The van der Waals surface area contributed by atoms with Gasteiger partial charge in [0, 0.05) is 0 Å². The van der Waals surface area contributed by atoms with Crippen LogP contribution in [0.3, 0.4) is 0 Å². The van der Waals surface area contributed by atoms with Crippen molar-refractivity contribution in [1.82, 2.24) is 0 Å². The lowest BCUT2D eigenvalue weighted by Gasteiger charge is -2.23. The third kappa shape index (κ3) is 2.97. The molecule has 0 aliphatic heterocycles. The number of allylic oxidation sites excluding steroid dienone is 2. The molecule has 0 saturated heterocycles. The van der Waals surface area contributed by atoms with Crippen molar-refractivity contribution < 1.29 is 0 Å². The summed E-state index contributed by atoms with van der Waals surface area (Å²) < 4.78 is 0. The summed E-state index contributed by atoms with van der Waals surface area (Å²) >= 11 is 0. The molecule has 0 amide bonds. The molecular weight excluding hydrogens is 206 g/mol. The summed E-state index contributed by atoms with van der Waals surface area (Å²) in [5, 5.41) is 8.97. The normalized spacial score (nSPS) is 13.0. The molecule has 17 heavy (non-hydrogen) atoms. The van der Waals surface area contributed by atoms with Gasteiger partial charge in [-0.15, -0.1) is 0 Å². The van der Waals surface area contributed by atoms with Crippen LogP contribution in [0.5, 0.6) is 0 Å². The Morgan fingerprint density at radius 1 is 1.18 bits per heavy atom. The van der Waals surface area contributed by atoms with Gasteiger partial charge in [0.15, 0.2) is 0 Å². The van der Waals surface area contributed by atoms with Crippen LogP contribution in [0.25, 0.3) is 5.57 Å². The van der Waals surface area contributed by atoms with Gasteiger partial charge in [-0.25, -0.2) is 0 Å². The fraction of sp³-hybridized carbons (Fsp3) is 0.438. The first-order valence-electron chi connectivity index (χ1n) is 5.96. The van der Waals surface area contributed by atoms with Gasteiger partial charge in [0.2, 0.25) is 0 Å². The monoisotopic (exact) mass is 227 g/mol. The van der Waals surface area contributed by atoms with E-state index in [9.17, 15) is 0 Å². The first kappa shape index (κ1) is 13.5. The molecule has 0 aromatic heterocycles. The molecule has 1 heteroatoms. The fourth-order valence-electron chi connectivity index (χ4n) is 1.86. The molecule has 0 saturated carbocycles. The van der Waals surface area contributed by atoms with E-state index in [0.29, 0.717) is 0 Å². The third-order valence-electron chi connectivity index (χ3n) is 3.46. The van der Waals surface area contributed by atoms with Crippen LogP contribution >= 0.6 is 0 Å². The van der Waals surface area contributed by atoms with Gasteiger partial charge in [-0.05, 0) is 55.0 Å².